The summed E-state index contributed by atoms with van der Waals surface area (Å²) in [6, 6.07) is 9.14. The van der Waals surface area contributed by atoms with Gasteiger partial charge in [-0.1, -0.05) is 18.2 Å². The van der Waals surface area contributed by atoms with Crippen molar-refractivity contribution in [3.63, 3.8) is 0 Å². The Morgan fingerprint density at radius 1 is 1.10 bits per heavy atom. The second kappa shape index (κ2) is 6.35. The standard InChI is InChI=1S/C6H7NO.ClH.H3N/c8-7-6-4-2-1-3-5-6;;/h1-5,7-8H;1H;1H3. The third-order valence-electron chi connectivity index (χ3n) is 0.903. The van der Waals surface area contributed by atoms with E-state index in [1.165, 1.54) is 0 Å². The molecule has 4 heteroatoms. The highest BCUT2D eigenvalue weighted by Gasteiger charge is 1.79. The summed E-state index contributed by atoms with van der Waals surface area (Å²) in [5.41, 5.74) is 2.74. The first-order valence-corrected chi connectivity index (χ1v) is 2.38. The van der Waals surface area contributed by atoms with Crippen LogP contribution in [0.15, 0.2) is 30.3 Å². The molecule has 6 N–H and O–H groups in total. The van der Waals surface area contributed by atoms with Crippen LogP contribution in [0.4, 0.5) is 5.69 Å². The molecule has 0 bridgehead atoms. The van der Waals surface area contributed by atoms with Crippen molar-refractivity contribution >= 4 is 5.69 Å². The lowest BCUT2D eigenvalue weighted by Crippen LogP contribution is -3.00. The first-order chi connectivity index (χ1) is 3.93. The molecule has 0 unspecified atom stereocenters. The Bertz CT molecular complexity index is 157. The fraction of sp³-hybridized carbons (Fsp3) is 0. The van der Waals surface area contributed by atoms with Gasteiger partial charge in [0.2, 0.25) is 0 Å². The van der Waals surface area contributed by atoms with Gasteiger partial charge in [0, 0.05) is 0 Å². The van der Waals surface area contributed by atoms with Gasteiger partial charge in [0.25, 0.3) is 0 Å². The largest absolute Gasteiger partial charge is 1.00 e. The molecular formula is C6H11ClN2O. The first-order valence-electron chi connectivity index (χ1n) is 2.38. The molecule has 0 spiro atoms. The van der Waals surface area contributed by atoms with E-state index in [0.717, 1.165) is 0 Å². The fourth-order valence-electron chi connectivity index (χ4n) is 0.513. The molecule has 1 aromatic rings. The molecule has 1 rings (SSSR count). The summed E-state index contributed by atoms with van der Waals surface area (Å²) in [5, 5.41) is 8.29. The molecule has 0 atom stereocenters. The van der Waals surface area contributed by atoms with Crippen LogP contribution in [0, 0.1) is 0 Å². The van der Waals surface area contributed by atoms with Crippen molar-refractivity contribution in [2.24, 2.45) is 0 Å². The Kier molecular flexibility index (Phi) is 7.60. The maximum atomic E-state index is 8.29. The summed E-state index contributed by atoms with van der Waals surface area (Å²) in [4.78, 5) is 0. The lowest BCUT2D eigenvalue weighted by Gasteiger charge is -1.92. The van der Waals surface area contributed by atoms with E-state index < -0.39 is 0 Å². The number of quaternary nitrogens is 1. The molecule has 0 saturated heterocycles. The van der Waals surface area contributed by atoms with Crippen LogP contribution < -0.4 is 24.0 Å². The highest BCUT2D eigenvalue weighted by atomic mass is 35.5. The van der Waals surface area contributed by atoms with Crippen molar-refractivity contribution in [3.05, 3.63) is 30.3 Å². The summed E-state index contributed by atoms with van der Waals surface area (Å²) in [5.74, 6) is 0. The lowest BCUT2D eigenvalue weighted by atomic mass is 10.3. The minimum atomic E-state index is 0. The molecule has 10 heavy (non-hydrogen) atoms. The van der Waals surface area contributed by atoms with Gasteiger partial charge in [0.05, 0.1) is 5.69 Å². The zero-order valence-electron chi connectivity index (χ0n) is 5.71. The Balaban J connectivity index is 0. The summed E-state index contributed by atoms with van der Waals surface area (Å²) < 4.78 is 0. The van der Waals surface area contributed by atoms with Crippen molar-refractivity contribution < 1.29 is 17.6 Å². The monoisotopic (exact) mass is 162 g/mol. The van der Waals surface area contributed by atoms with Crippen LogP contribution in [0.5, 0.6) is 0 Å². The molecule has 0 amide bonds. The normalized spacial score (nSPS) is 6.90. The van der Waals surface area contributed by atoms with Crippen LogP contribution in [0.1, 0.15) is 0 Å². The fourth-order valence-corrected chi connectivity index (χ4v) is 0.513. The van der Waals surface area contributed by atoms with E-state index in [0.29, 0.717) is 5.69 Å². The van der Waals surface area contributed by atoms with Crippen LogP contribution in [-0.4, -0.2) is 5.21 Å². The number of anilines is 1. The summed E-state index contributed by atoms with van der Waals surface area (Å²) in [6.07, 6.45) is 0. The molecule has 58 valence electrons. The quantitative estimate of drug-likeness (QED) is 0.458. The van der Waals surface area contributed by atoms with E-state index in [4.69, 9.17) is 5.21 Å². The maximum Gasteiger partial charge on any atom is 0.0602 e. The molecule has 0 aliphatic rings. The zero-order chi connectivity index (χ0) is 5.82. The van der Waals surface area contributed by atoms with Gasteiger partial charge in [-0.15, -0.1) is 0 Å². The van der Waals surface area contributed by atoms with Crippen LogP contribution in [0.2, 0.25) is 0 Å². The van der Waals surface area contributed by atoms with Crippen molar-refractivity contribution in [2.75, 3.05) is 5.48 Å². The molecule has 0 aliphatic heterocycles. The number of nitrogens with one attached hydrogen (secondary N) is 1. The van der Waals surface area contributed by atoms with Gasteiger partial charge in [-0.3, -0.25) is 10.7 Å². The molecular weight excluding hydrogens is 152 g/mol. The third kappa shape index (κ3) is 3.29. The number of rotatable bonds is 1. The minimum absolute atomic E-state index is 0. The summed E-state index contributed by atoms with van der Waals surface area (Å²) in [7, 11) is 0. The Morgan fingerprint density at radius 2 is 1.60 bits per heavy atom. The van der Waals surface area contributed by atoms with E-state index in [2.05, 4.69) is 0 Å². The van der Waals surface area contributed by atoms with E-state index >= 15 is 0 Å². The smallest absolute Gasteiger partial charge is 0.0602 e. The Labute approximate surface area is 66.0 Å². The second-order valence-electron chi connectivity index (χ2n) is 1.48. The maximum absolute atomic E-state index is 8.29. The van der Waals surface area contributed by atoms with Crippen LogP contribution in [-0.2, 0) is 0 Å². The van der Waals surface area contributed by atoms with Crippen molar-refractivity contribution in [2.45, 2.75) is 0 Å². The first kappa shape index (κ1) is 12.0. The topological polar surface area (TPSA) is 68.8 Å². The Hall–Kier alpha value is -0.770. The van der Waals surface area contributed by atoms with Gasteiger partial charge in [-0.25, -0.2) is 0 Å². The van der Waals surface area contributed by atoms with Crippen LogP contribution >= 0.6 is 0 Å². The minimum Gasteiger partial charge on any atom is -1.00 e. The van der Waals surface area contributed by atoms with Gasteiger partial charge in [-0.05, 0) is 12.1 Å². The molecule has 0 radical (unpaired) electrons. The number of halogens is 1. The number of hydrogen-bond acceptors (Lipinski definition) is 2. The lowest BCUT2D eigenvalue weighted by molar-refractivity contribution is -0.00000295. The van der Waals surface area contributed by atoms with Gasteiger partial charge in [0.1, 0.15) is 0 Å². The van der Waals surface area contributed by atoms with Crippen molar-refractivity contribution in [1.29, 1.82) is 0 Å². The van der Waals surface area contributed by atoms with E-state index in [1.807, 2.05) is 23.7 Å². The summed E-state index contributed by atoms with van der Waals surface area (Å²) >= 11 is 0. The van der Waals surface area contributed by atoms with Gasteiger partial charge >= 0.3 is 0 Å². The average Bonchev–Trinajstić information content (AvgIpc) is 1.90. The SMILES string of the molecule is ONc1ccccc1.[Cl-].[NH4+]. The molecule has 0 aromatic heterocycles. The summed E-state index contributed by atoms with van der Waals surface area (Å²) in [6.45, 7) is 0. The third-order valence-corrected chi connectivity index (χ3v) is 0.903. The van der Waals surface area contributed by atoms with Crippen molar-refractivity contribution in [3.8, 4) is 0 Å². The Morgan fingerprint density at radius 3 is 1.90 bits per heavy atom. The van der Waals surface area contributed by atoms with E-state index in [9.17, 15) is 0 Å². The molecule has 0 fully saturated rings. The van der Waals surface area contributed by atoms with E-state index in [-0.39, 0.29) is 18.6 Å². The highest BCUT2D eigenvalue weighted by molar-refractivity contribution is 5.39. The van der Waals surface area contributed by atoms with Crippen LogP contribution in [0.3, 0.4) is 0 Å². The van der Waals surface area contributed by atoms with Crippen LogP contribution in [0.25, 0.3) is 0 Å². The molecule has 0 aliphatic carbocycles. The molecule has 0 heterocycles. The van der Waals surface area contributed by atoms with Gasteiger partial charge < -0.3 is 18.6 Å². The second-order valence-corrected chi connectivity index (χ2v) is 1.48. The average molecular weight is 163 g/mol. The van der Waals surface area contributed by atoms with Gasteiger partial charge in [0.15, 0.2) is 0 Å². The van der Waals surface area contributed by atoms with Gasteiger partial charge in [-0.2, -0.15) is 0 Å². The van der Waals surface area contributed by atoms with E-state index in [1.54, 1.807) is 12.1 Å². The predicted molar refractivity (Wildman–Crippen MR) is 37.8 cm³/mol. The number of para-hydroxylation sites is 1. The molecule has 0 saturated carbocycles. The number of hydrogen-bond donors (Lipinski definition) is 3. The predicted octanol–water partition coefficient (Wildman–Crippen LogP) is -1.13. The zero-order valence-corrected chi connectivity index (χ0v) is 6.47. The van der Waals surface area contributed by atoms with Crippen molar-refractivity contribution in [1.82, 2.24) is 6.15 Å². The highest BCUT2D eigenvalue weighted by Crippen LogP contribution is 2.01. The number of benzene rings is 1. The molecule has 1 aromatic carbocycles. The molecule has 3 nitrogen and oxygen atoms in total.